The Labute approximate surface area is 135 Å². The molecule has 1 atom stereocenters. The largest absolute Gasteiger partial charge is 0.327 e. The van der Waals surface area contributed by atoms with Crippen molar-refractivity contribution in [3.05, 3.63) is 17.5 Å². The summed E-state index contributed by atoms with van der Waals surface area (Å²) in [7, 11) is 2.01. The molecule has 1 aromatic rings. The number of aryl methyl sites for hydroxylation is 1. The summed E-state index contributed by atoms with van der Waals surface area (Å²) in [5, 5.41) is 4.66. The average molecular weight is 315 g/mol. The molecule has 2 heterocycles. The van der Waals surface area contributed by atoms with Gasteiger partial charge in [0.15, 0.2) is 0 Å². The van der Waals surface area contributed by atoms with Crippen LogP contribution in [-0.2, 0) is 19.0 Å². The van der Waals surface area contributed by atoms with Crippen LogP contribution >= 0.6 is 12.4 Å². The molecule has 0 spiro atoms. The van der Waals surface area contributed by atoms with Crippen LogP contribution in [0.4, 0.5) is 0 Å². The highest BCUT2D eigenvalue weighted by Gasteiger charge is 2.34. The van der Waals surface area contributed by atoms with Gasteiger partial charge in [-0.3, -0.25) is 9.58 Å². The van der Waals surface area contributed by atoms with E-state index in [-0.39, 0.29) is 23.2 Å². The lowest BCUT2D eigenvalue weighted by Gasteiger charge is -2.42. The van der Waals surface area contributed by atoms with Crippen LogP contribution in [0.1, 0.15) is 52.3 Å². The second kappa shape index (κ2) is 6.27. The zero-order valence-electron chi connectivity index (χ0n) is 14.3. The number of nitrogens with zero attached hydrogens (tertiary/aromatic N) is 3. The van der Waals surface area contributed by atoms with Crippen LogP contribution in [-0.4, -0.2) is 33.8 Å². The van der Waals surface area contributed by atoms with E-state index in [2.05, 4.69) is 50.8 Å². The van der Waals surface area contributed by atoms with Crippen molar-refractivity contribution in [3.8, 4) is 0 Å². The van der Waals surface area contributed by atoms with Crippen LogP contribution < -0.4 is 5.73 Å². The van der Waals surface area contributed by atoms with Crippen molar-refractivity contribution < 1.29 is 0 Å². The van der Waals surface area contributed by atoms with Gasteiger partial charge in [0.1, 0.15) is 0 Å². The molecule has 2 rings (SSSR count). The van der Waals surface area contributed by atoms with Gasteiger partial charge >= 0.3 is 0 Å². The van der Waals surface area contributed by atoms with Crippen LogP contribution in [0, 0.1) is 5.41 Å². The van der Waals surface area contributed by atoms with Crippen molar-refractivity contribution >= 4 is 12.4 Å². The molecule has 4 nitrogen and oxygen atoms in total. The lowest BCUT2D eigenvalue weighted by atomic mass is 9.79. The van der Waals surface area contributed by atoms with Crippen molar-refractivity contribution in [3.63, 3.8) is 0 Å². The Kier molecular flexibility index (Phi) is 5.51. The van der Waals surface area contributed by atoms with Crippen LogP contribution in [0.25, 0.3) is 0 Å². The van der Waals surface area contributed by atoms with Crippen LogP contribution in [0.15, 0.2) is 6.20 Å². The number of piperidine rings is 1. The molecule has 21 heavy (non-hydrogen) atoms. The highest BCUT2D eigenvalue weighted by Crippen LogP contribution is 2.30. The van der Waals surface area contributed by atoms with Gasteiger partial charge in [0.05, 0.1) is 5.69 Å². The first-order chi connectivity index (χ1) is 9.09. The number of aromatic nitrogens is 2. The molecule has 1 aromatic heterocycles. The first kappa shape index (κ1) is 18.5. The first-order valence-corrected chi connectivity index (χ1v) is 7.60. The third-order valence-electron chi connectivity index (χ3n) is 4.40. The third kappa shape index (κ3) is 4.21. The zero-order chi connectivity index (χ0) is 15.1. The van der Waals surface area contributed by atoms with E-state index in [0.29, 0.717) is 6.04 Å². The second-order valence-electron chi connectivity index (χ2n) is 8.02. The lowest BCUT2D eigenvalue weighted by Crippen LogP contribution is -2.52. The number of rotatable bonds is 2. The van der Waals surface area contributed by atoms with E-state index in [1.807, 2.05) is 11.7 Å². The number of likely N-dealkylation sites (tertiary alicyclic amines) is 1. The number of hydrogen-bond donors (Lipinski definition) is 1. The predicted molar refractivity (Wildman–Crippen MR) is 90.8 cm³/mol. The minimum absolute atomic E-state index is 0. The monoisotopic (exact) mass is 314 g/mol. The molecule has 0 aliphatic carbocycles. The smallest absolute Gasteiger partial charge is 0.0722 e. The first-order valence-electron chi connectivity index (χ1n) is 7.60. The highest BCUT2D eigenvalue weighted by molar-refractivity contribution is 5.85. The highest BCUT2D eigenvalue weighted by atomic mass is 35.5. The van der Waals surface area contributed by atoms with Gasteiger partial charge in [-0.05, 0) is 11.8 Å². The molecule has 1 fully saturated rings. The number of hydrogen-bond acceptors (Lipinski definition) is 3. The average Bonchev–Trinajstić information content (AvgIpc) is 2.64. The van der Waals surface area contributed by atoms with E-state index < -0.39 is 0 Å². The topological polar surface area (TPSA) is 47.1 Å². The number of nitrogens with two attached hydrogens (primary N) is 1. The van der Waals surface area contributed by atoms with E-state index in [9.17, 15) is 0 Å². The molecule has 0 bridgehead atoms. The number of halogens is 1. The van der Waals surface area contributed by atoms with Crippen molar-refractivity contribution in [2.75, 3.05) is 13.1 Å². The summed E-state index contributed by atoms with van der Waals surface area (Å²) in [6.45, 7) is 14.4. The molecule has 1 aliphatic heterocycles. The van der Waals surface area contributed by atoms with Gasteiger partial charge < -0.3 is 5.73 Å². The minimum Gasteiger partial charge on any atom is -0.327 e. The lowest BCUT2D eigenvalue weighted by molar-refractivity contribution is 0.0894. The Morgan fingerprint density at radius 2 is 2.00 bits per heavy atom. The van der Waals surface area contributed by atoms with Gasteiger partial charge in [0.2, 0.25) is 0 Å². The van der Waals surface area contributed by atoms with Crippen LogP contribution in [0.2, 0.25) is 0 Å². The fourth-order valence-electron chi connectivity index (χ4n) is 3.15. The van der Waals surface area contributed by atoms with Crippen LogP contribution in [0.3, 0.4) is 0 Å². The summed E-state index contributed by atoms with van der Waals surface area (Å²) in [5.41, 5.74) is 9.09. The van der Waals surface area contributed by atoms with Crippen molar-refractivity contribution in [1.82, 2.24) is 14.7 Å². The van der Waals surface area contributed by atoms with Gasteiger partial charge in [-0.25, -0.2) is 0 Å². The van der Waals surface area contributed by atoms with Gasteiger partial charge in [-0.15, -0.1) is 12.4 Å². The molecule has 2 N–H and O–H groups in total. The third-order valence-corrected chi connectivity index (χ3v) is 4.40. The maximum atomic E-state index is 6.23. The molecular weight excluding hydrogens is 284 g/mol. The molecular formula is C16H31ClN4. The van der Waals surface area contributed by atoms with E-state index >= 15 is 0 Å². The van der Waals surface area contributed by atoms with E-state index in [1.165, 1.54) is 11.3 Å². The predicted octanol–water partition coefficient (Wildman–Crippen LogP) is 2.70. The van der Waals surface area contributed by atoms with Gasteiger partial charge in [0, 0.05) is 49.9 Å². The SMILES string of the molecule is Cl.Cn1cc(CN2CCC(N)C(C)(C)C2)c(C(C)(C)C)n1. The molecule has 0 radical (unpaired) electrons. The van der Waals surface area contributed by atoms with Gasteiger partial charge in [0.25, 0.3) is 0 Å². The van der Waals surface area contributed by atoms with E-state index in [1.54, 1.807) is 0 Å². The van der Waals surface area contributed by atoms with E-state index in [0.717, 1.165) is 26.1 Å². The standard InChI is InChI=1S/C16H30N4.ClH/c1-15(2,3)14-12(9-19(6)18-14)10-20-8-7-13(17)16(4,5)11-20;/h9,13H,7-8,10-11,17H2,1-6H3;1H. The van der Waals surface area contributed by atoms with E-state index in [4.69, 9.17) is 5.73 Å². The summed E-state index contributed by atoms with van der Waals surface area (Å²) in [4.78, 5) is 2.52. The second-order valence-corrected chi connectivity index (χ2v) is 8.02. The quantitative estimate of drug-likeness (QED) is 0.913. The molecule has 5 heteroatoms. The fourth-order valence-corrected chi connectivity index (χ4v) is 3.15. The molecule has 0 aromatic carbocycles. The van der Waals surface area contributed by atoms with Gasteiger partial charge in [-0.1, -0.05) is 34.6 Å². The Hall–Kier alpha value is -0.580. The summed E-state index contributed by atoms with van der Waals surface area (Å²) < 4.78 is 1.94. The van der Waals surface area contributed by atoms with Crippen molar-refractivity contribution in [1.29, 1.82) is 0 Å². The summed E-state index contributed by atoms with van der Waals surface area (Å²) in [6.07, 6.45) is 3.25. The summed E-state index contributed by atoms with van der Waals surface area (Å²) in [6, 6.07) is 0.315. The molecule has 0 amide bonds. The Morgan fingerprint density at radius 3 is 2.52 bits per heavy atom. The van der Waals surface area contributed by atoms with Crippen molar-refractivity contribution in [2.45, 2.75) is 59.0 Å². The molecule has 122 valence electrons. The maximum absolute atomic E-state index is 6.23. The summed E-state index contributed by atoms with van der Waals surface area (Å²) in [5.74, 6) is 0. The normalized spacial score (nSPS) is 22.9. The Morgan fingerprint density at radius 1 is 1.38 bits per heavy atom. The van der Waals surface area contributed by atoms with Crippen molar-refractivity contribution in [2.24, 2.45) is 18.2 Å². The Bertz CT molecular complexity index is 473. The van der Waals surface area contributed by atoms with Crippen LogP contribution in [0.5, 0.6) is 0 Å². The molecule has 0 saturated carbocycles. The van der Waals surface area contributed by atoms with Gasteiger partial charge in [-0.2, -0.15) is 5.10 Å². The zero-order valence-corrected chi connectivity index (χ0v) is 15.1. The molecule has 1 aliphatic rings. The molecule has 1 saturated heterocycles. The minimum atomic E-state index is 0. The molecule has 1 unspecified atom stereocenters. The Balaban J connectivity index is 0.00000220. The maximum Gasteiger partial charge on any atom is 0.0722 e. The fraction of sp³-hybridized carbons (Fsp3) is 0.812. The summed E-state index contributed by atoms with van der Waals surface area (Å²) >= 11 is 0.